The van der Waals surface area contributed by atoms with Crippen LogP contribution in [0.5, 0.6) is 0 Å². The van der Waals surface area contributed by atoms with Crippen LogP contribution in [-0.4, -0.2) is 36.4 Å². The average Bonchev–Trinajstić information content (AvgIpc) is 2.51. The Kier molecular flexibility index (Phi) is 5.85. The highest BCUT2D eigenvalue weighted by atomic mass is 79.9. The number of amides is 1. The number of nitrogens with one attached hydrogen (secondary N) is 2. The lowest BCUT2D eigenvalue weighted by Gasteiger charge is -2.08. The summed E-state index contributed by atoms with van der Waals surface area (Å²) >= 11 is 3.49. The molecule has 0 atom stereocenters. The van der Waals surface area contributed by atoms with Crippen LogP contribution >= 0.6 is 15.9 Å². The van der Waals surface area contributed by atoms with Gasteiger partial charge < -0.3 is 15.4 Å². The van der Waals surface area contributed by atoms with E-state index in [1.54, 1.807) is 19.2 Å². The predicted octanol–water partition coefficient (Wildman–Crippen LogP) is 2.67. The second-order valence-corrected chi connectivity index (χ2v) is 5.52. The maximum atomic E-state index is 11.8. The zero-order valence-electron chi connectivity index (χ0n) is 12.4. The molecule has 0 bridgehead atoms. The number of methoxy groups -OCH3 is 1. The van der Waals surface area contributed by atoms with Crippen LogP contribution in [0, 0.1) is 6.92 Å². The molecule has 116 valence electrons. The third-order valence-corrected chi connectivity index (χ3v) is 3.53. The molecule has 1 amide bonds. The average molecular weight is 365 g/mol. The van der Waals surface area contributed by atoms with Crippen LogP contribution in [0.15, 0.2) is 34.8 Å². The molecule has 6 nitrogen and oxygen atoms in total. The Morgan fingerprint density at radius 2 is 2.09 bits per heavy atom. The van der Waals surface area contributed by atoms with Gasteiger partial charge in [-0.05, 0) is 52.7 Å². The Morgan fingerprint density at radius 1 is 1.27 bits per heavy atom. The van der Waals surface area contributed by atoms with Gasteiger partial charge in [-0.2, -0.15) is 0 Å². The van der Waals surface area contributed by atoms with Crippen molar-refractivity contribution in [2.45, 2.75) is 6.92 Å². The van der Waals surface area contributed by atoms with Crippen molar-refractivity contribution in [1.29, 1.82) is 0 Å². The highest BCUT2D eigenvalue weighted by Crippen LogP contribution is 2.25. The standard InChI is InChI=1S/C15H17BrN4O2/c1-10-3-4-12(11(16)9-10)18-14-6-5-13(19-20-14)15(21)17-7-8-22-2/h3-6,9H,7-8H2,1-2H3,(H,17,21)(H,18,20). The molecule has 0 fully saturated rings. The Balaban J connectivity index is 2.01. The second-order valence-electron chi connectivity index (χ2n) is 4.66. The molecule has 7 heteroatoms. The number of anilines is 2. The van der Waals surface area contributed by atoms with Crippen molar-refractivity contribution >= 4 is 33.3 Å². The number of aryl methyl sites for hydroxylation is 1. The topological polar surface area (TPSA) is 76.1 Å². The molecule has 1 heterocycles. The Bertz CT molecular complexity index is 646. The SMILES string of the molecule is COCCNC(=O)c1ccc(Nc2ccc(C)cc2Br)nn1. The van der Waals surface area contributed by atoms with E-state index in [9.17, 15) is 4.79 Å². The van der Waals surface area contributed by atoms with Gasteiger partial charge in [0.15, 0.2) is 11.5 Å². The molecule has 0 aliphatic heterocycles. The van der Waals surface area contributed by atoms with Crippen molar-refractivity contribution in [3.63, 3.8) is 0 Å². The number of ether oxygens (including phenoxy) is 1. The summed E-state index contributed by atoms with van der Waals surface area (Å²) in [5.41, 5.74) is 2.31. The Hall–Kier alpha value is -1.99. The van der Waals surface area contributed by atoms with Crippen molar-refractivity contribution < 1.29 is 9.53 Å². The highest BCUT2D eigenvalue weighted by Gasteiger charge is 2.08. The summed E-state index contributed by atoms with van der Waals surface area (Å²) in [6.45, 7) is 2.92. The monoisotopic (exact) mass is 364 g/mol. The van der Waals surface area contributed by atoms with E-state index in [0.29, 0.717) is 19.0 Å². The zero-order valence-corrected chi connectivity index (χ0v) is 14.0. The van der Waals surface area contributed by atoms with Gasteiger partial charge in [-0.15, -0.1) is 10.2 Å². The molecule has 1 aromatic heterocycles. The molecule has 0 saturated carbocycles. The number of rotatable bonds is 6. The normalized spacial score (nSPS) is 10.3. The fourth-order valence-corrected chi connectivity index (χ4v) is 2.33. The predicted molar refractivity (Wildman–Crippen MR) is 88.4 cm³/mol. The van der Waals surface area contributed by atoms with Gasteiger partial charge in [-0.25, -0.2) is 0 Å². The van der Waals surface area contributed by atoms with Gasteiger partial charge in [0.2, 0.25) is 0 Å². The van der Waals surface area contributed by atoms with Crippen LogP contribution in [0.4, 0.5) is 11.5 Å². The molecule has 2 rings (SSSR count). The molecule has 2 aromatic rings. The van der Waals surface area contributed by atoms with E-state index < -0.39 is 0 Å². The molecule has 22 heavy (non-hydrogen) atoms. The van der Waals surface area contributed by atoms with E-state index >= 15 is 0 Å². The largest absolute Gasteiger partial charge is 0.383 e. The van der Waals surface area contributed by atoms with Crippen molar-refractivity contribution in [2.75, 3.05) is 25.6 Å². The molecule has 0 aliphatic rings. The van der Waals surface area contributed by atoms with Gasteiger partial charge >= 0.3 is 0 Å². The van der Waals surface area contributed by atoms with Gasteiger partial charge in [0.25, 0.3) is 5.91 Å². The molecule has 0 saturated heterocycles. The number of hydrogen-bond donors (Lipinski definition) is 2. The number of hydrogen-bond acceptors (Lipinski definition) is 5. The minimum Gasteiger partial charge on any atom is -0.383 e. The lowest BCUT2D eigenvalue weighted by atomic mass is 10.2. The second kappa shape index (κ2) is 7.86. The van der Waals surface area contributed by atoms with E-state index in [0.717, 1.165) is 15.7 Å². The first kappa shape index (κ1) is 16.4. The summed E-state index contributed by atoms with van der Waals surface area (Å²) in [5.74, 6) is 0.297. The number of nitrogens with zero attached hydrogens (tertiary/aromatic N) is 2. The quantitative estimate of drug-likeness (QED) is 0.770. The summed E-state index contributed by atoms with van der Waals surface area (Å²) in [7, 11) is 1.58. The molecule has 0 spiro atoms. The van der Waals surface area contributed by atoms with Gasteiger partial charge in [0.05, 0.1) is 12.3 Å². The third kappa shape index (κ3) is 4.51. The van der Waals surface area contributed by atoms with E-state index in [4.69, 9.17) is 4.74 Å². The van der Waals surface area contributed by atoms with E-state index in [-0.39, 0.29) is 11.6 Å². The molecule has 0 radical (unpaired) electrons. The van der Waals surface area contributed by atoms with Crippen molar-refractivity contribution in [3.8, 4) is 0 Å². The molecule has 1 aromatic carbocycles. The van der Waals surface area contributed by atoms with Crippen LogP contribution in [0.2, 0.25) is 0 Å². The number of halogens is 1. The van der Waals surface area contributed by atoms with E-state index in [1.807, 2.05) is 25.1 Å². The maximum absolute atomic E-state index is 11.8. The summed E-state index contributed by atoms with van der Waals surface area (Å²) in [6, 6.07) is 9.29. The van der Waals surface area contributed by atoms with Crippen LogP contribution in [-0.2, 0) is 4.74 Å². The van der Waals surface area contributed by atoms with Crippen molar-refractivity contribution in [1.82, 2.24) is 15.5 Å². The molecular weight excluding hydrogens is 348 g/mol. The molecule has 2 N–H and O–H groups in total. The fraction of sp³-hybridized carbons (Fsp3) is 0.267. The van der Waals surface area contributed by atoms with Gasteiger partial charge in [0, 0.05) is 18.1 Å². The summed E-state index contributed by atoms with van der Waals surface area (Å²) < 4.78 is 5.81. The van der Waals surface area contributed by atoms with Crippen molar-refractivity contribution in [3.05, 3.63) is 46.1 Å². The van der Waals surface area contributed by atoms with Crippen LogP contribution in [0.1, 0.15) is 16.1 Å². The number of benzene rings is 1. The summed E-state index contributed by atoms with van der Waals surface area (Å²) in [4.78, 5) is 11.8. The first-order chi connectivity index (χ1) is 10.6. The Morgan fingerprint density at radius 3 is 2.73 bits per heavy atom. The molecule has 0 unspecified atom stereocenters. The van der Waals surface area contributed by atoms with Crippen molar-refractivity contribution in [2.24, 2.45) is 0 Å². The first-order valence-corrected chi connectivity index (χ1v) is 7.53. The van der Waals surface area contributed by atoms with Gasteiger partial charge in [0.1, 0.15) is 0 Å². The minimum atomic E-state index is -0.271. The van der Waals surface area contributed by atoms with Gasteiger partial charge in [-0.3, -0.25) is 4.79 Å². The van der Waals surface area contributed by atoms with Crippen LogP contribution in [0.3, 0.4) is 0 Å². The number of aromatic nitrogens is 2. The van der Waals surface area contributed by atoms with Crippen LogP contribution in [0.25, 0.3) is 0 Å². The zero-order chi connectivity index (χ0) is 15.9. The van der Waals surface area contributed by atoms with E-state index in [2.05, 4.69) is 36.8 Å². The molecular formula is C15H17BrN4O2. The van der Waals surface area contributed by atoms with Gasteiger partial charge in [-0.1, -0.05) is 6.07 Å². The lowest BCUT2D eigenvalue weighted by Crippen LogP contribution is -2.27. The number of carbonyl (C=O) groups excluding carboxylic acids is 1. The third-order valence-electron chi connectivity index (χ3n) is 2.88. The lowest BCUT2D eigenvalue weighted by molar-refractivity contribution is 0.0931. The minimum absolute atomic E-state index is 0.268. The Labute approximate surface area is 137 Å². The smallest absolute Gasteiger partial charge is 0.271 e. The number of carbonyl (C=O) groups is 1. The fourth-order valence-electron chi connectivity index (χ4n) is 1.74. The summed E-state index contributed by atoms with van der Waals surface area (Å²) in [6.07, 6.45) is 0. The molecule has 0 aliphatic carbocycles. The van der Waals surface area contributed by atoms with E-state index in [1.165, 1.54) is 0 Å². The maximum Gasteiger partial charge on any atom is 0.271 e. The first-order valence-electron chi connectivity index (χ1n) is 6.74. The van der Waals surface area contributed by atoms with Crippen LogP contribution < -0.4 is 10.6 Å². The summed E-state index contributed by atoms with van der Waals surface area (Å²) in [5, 5.41) is 13.8. The highest BCUT2D eigenvalue weighted by molar-refractivity contribution is 9.10.